The highest BCUT2D eigenvalue weighted by atomic mass is 35.5. The molecular formula is C20H17Cl2NO3S2. The average molecular weight is 454 g/mol. The van der Waals surface area contributed by atoms with Crippen molar-refractivity contribution in [3.63, 3.8) is 0 Å². The number of carbonyl (C=O) groups is 1. The van der Waals surface area contributed by atoms with Crippen LogP contribution in [-0.4, -0.2) is 28.8 Å². The van der Waals surface area contributed by atoms with Crippen molar-refractivity contribution in [2.24, 2.45) is 0 Å². The van der Waals surface area contributed by atoms with Crippen LogP contribution in [0.15, 0.2) is 41.3 Å². The van der Waals surface area contributed by atoms with Crippen molar-refractivity contribution >= 4 is 63.5 Å². The largest absolute Gasteiger partial charge is 0.493 e. The van der Waals surface area contributed by atoms with E-state index in [2.05, 4.69) is 0 Å². The van der Waals surface area contributed by atoms with Gasteiger partial charge in [-0.05, 0) is 48.4 Å². The van der Waals surface area contributed by atoms with Gasteiger partial charge in [0.05, 0.1) is 17.0 Å². The van der Waals surface area contributed by atoms with Crippen LogP contribution in [0.4, 0.5) is 0 Å². The standard InChI is InChI=1S/C20H17Cl2NO3S2/c1-3-23-19(24)17(28-20(23)27)10-13-8-15(22)18(16(9-13)25-2)26-11-12-4-6-14(21)7-5-12/h4-10H,3,11H2,1-2H3/b17-10-. The summed E-state index contributed by atoms with van der Waals surface area (Å²) < 4.78 is 11.9. The number of halogens is 2. The van der Waals surface area contributed by atoms with E-state index in [4.69, 9.17) is 44.9 Å². The predicted octanol–water partition coefficient (Wildman–Crippen LogP) is 5.80. The third-order valence-corrected chi connectivity index (χ3v) is 5.95. The molecule has 1 heterocycles. The van der Waals surface area contributed by atoms with Crippen molar-refractivity contribution in [2.75, 3.05) is 13.7 Å². The van der Waals surface area contributed by atoms with E-state index in [9.17, 15) is 4.79 Å². The summed E-state index contributed by atoms with van der Waals surface area (Å²) in [5.74, 6) is 0.826. The second-order valence-electron chi connectivity index (χ2n) is 5.88. The maximum atomic E-state index is 12.4. The molecule has 0 spiro atoms. The molecule has 1 fully saturated rings. The van der Waals surface area contributed by atoms with Crippen LogP contribution in [0.25, 0.3) is 6.08 Å². The highest BCUT2D eigenvalue weighted by molar-refractivity contribution is 8.26. The number of hydrogen-bond acceptors (Lipinski definition) is 5. The van der Waals surface area contributed by atoms with E-state index in [0.717, 1.165) is 11.1 Å². The lowest BCUT2D eigenvalue weighted by molar-refractivity contribution is -0.121. The van der Waals surface area contributed by atoms with Gasteiger partial charge in [-0.1, -0.05) is 59.3 Å². The fourth-order valence-corrected chi connectivity index (χ4v) is 4.41. The molecule has 1 amide bonds. The van der Waals surface area contributed by atoms with E-state index < -0.39 is 0 Å². The van der Waals surface area contributed by atoms with Crippen LogP contribution in [-0.2, 0) is 11.4 Å². The summed E-state index contributed by atoms with van der Waals surface area (Å²) in [6, 6.07) is 10.9. The van der Waals surface area contributed by atoms with Crippen molar-refractivity contribution in [1.82, 2.24) is 4.90 Å². The normalized spacial score (nSPS) is 15.4. The quantitative estimate of drug-likeness (QED) is 0.407. The Morgan fingerprint density at radius 2 is 1.93 bits per heavy atom. The van der Waals surface area contributed by atoms with Crippen LogP contribution in [0, 0.1) is 0 Å². The Morgan fingerprint density at radius 3 is 2.54 bits per heavy atom. The Kier molecular flexibility index (Phi) is 6.88. The number of benzene rings is 2. The predicted molar refractivity (Wildman–Crippen MR) is 119 cm³/mol. The minimum absolute atomic E-state index is 0.101. The summed E-state index contributed by atoms with van der Waals surface area (Å²) in [4.78, 5) is 14.5. The molecule has 0 aromatic heterocycles. The molecule has 0 aliphatic carbocycles. The van der Waals surface area contributed by atoms with E-state index in [1.54, 1.807) is 42.4 Å². The highest BCUT2D eigenvalue weighted by Gasteiger charge is 2.30. The minimum Gasteiger partial charge on any atom is -0.493 e. The number of thiocarbonyl (C=S) groups is 1. The number of likely N-dealkylation sites (N-methyl/N-ethyl adjacent to an activating group) is 1. The summed E-state index contributed by atoms with van der Waals surface area (Å²) in [6.45, 7) is 2.76. The van der Waals surface area contributed by atoms with Gasteiger partial charge in [0.1, 0.15) is 10.9 Å². The first-order valence-corrected chi connectivity index (χ1v) is 10.4. The van der Waals surface area contributed by atoms with Gasteiger partial charge in [-0.2, -0.15) is 0 Å². The molecular weight excluding hydrogens is 437 g/mol. The Hall–Kier alpha value is -1.73. The lowest BCUT2D eigenvalue weighted by atomic mass is 10.1. The van der Waals surface area contributed by atoms with Crippen molar-refractivity contribution in [1.29, 1.82) is 0 Å². The summed E-state index contributed by atoms with van der Waals surface area (Å²) in [7, 11) is 1.54. The lowest BCUT2D eigenvalue weighted by Crippen LogP contribution is -2.27. The molecule has 2 aromatic rings. The first-order chi connectivity index (χ1) is 13.4. The van der Waals surface area contributed by atoms with Gasteiger partial charge in [-0.25, -0.2) is 0 Å². The molecule has 1 saturated heterocycles. The minimum atomic E-state index is -0.101. The number of hydrogen-bond donors (Lipinski definition) is 0. The summed E-state index contributed by atoms with van der Waals surface area (Å²) in [5.41, 5.74) is 1.69. The van der Waals surface area contributed by atoms with Crippen molar-refractivity contribution in [2.45, 2.75) is 13.5 Å². The smallest absolute Gasteiger partial charge is 0.266 e. The number of ether oxygens (including phenoxy) is 2. The highest BCUT2D eigenvalue weighted by Crippen LogP contribution is 2.39. The number of thioether (sulfide) groups is 1. The van der Waals surface area contributed by atoms with E-state index in [0.29, 0.717) is 43.9 Å². The average Bonchev–Trinajstić information content (AvgIpc) is 2.94. The molecule has 0 N–H and O–H groups in total. The van der Waals surface area contributed by atoms with E-state index in [1.807, 2.05) is 19.1 Å². The van der Waals surface area contributed by atoms with Gasteiger partial charge >= 0.3 is 0 Å². The van der Waals surface area contributed by atoms with Crippen molar-refractivity contribution in [3.05, 3.63) is 62.5 Å². The van der Waals surface area contributed by atoms with Gasteiger partial charge in [0.15, 0.2) is 11.5 Å². The van der Waals surface area contributed by atoms with Gasteiger partial charge in [0.25, 0.3) is 5.91 Å². The van der Waals surface area contributed by atoms with E-state index >= 15 is 0 Å². The van der Waals surface area contributed by atoms with Gasteiger partial charge in [0.2, 0.25) is 0 Å². The maximum absolute atomic E-state index is 12.4. The number of nitrogens with zero attached hydrogens (tertiary/aromatic N) is 1. The first kappa shape index (κ1) is 21.0. The van der Waals surface area contributed by atoms with Gasteiger partial charge < -0.3 is 9.47 Å². The number of amides is 1. The van der Waals surface area contributed by atoms with Crippen LogP contribution in [0.1, 0.15) is 18.1 Å². The fourth-order valence-electron chi connectivity index (χ4n) is 2.62. The Labute approximate surface area is 183 Å². The molecule has 146 valence electrons. The van der Waals surface area contributed by atoms with Crippen molar-refractivity contribution in [3.8, 4) is 11.5 Å². The zero-order chi connectivity index (χ0) is 20.3. The molecule has 0 bridgehead atoms. The third-order valence-electron chi connectivity index (χ3n) is 4.04. The zero-order valence-corrected chi connectivity index (χ0v) is 18.3. The summed E-state index contributed by atoms with van der Waals surface area (Å²) in [6.07, 6.45) is 1.76. The molecule has 1 aliphatic heterocycles. The Bertz CT molecular complexity index is 945. The second kappa shape index (κ2) is 9.18. The van der Waals surface area contributed by atoms with Gasteiger partial charge in [-0.15, -0.1) is 0 Å². The molecule has 1 aliphatic rings. The molecule has 0 unspecified atom stereocenters. The topological polar surface area (TPSA) is 38.8 Å². The fraction of sp³-hybridized carbons (Fsp3) is 0.200. The molecule has 28 heavy (non-hydrogen) atoms. The number of methoxy groups -OCH3 is 1. The lowest BCUT2D eigenvalue weighted by Gasteiger charge is -2.14. The Balaban J connectivity index is 1.83. The van der Waals surface area contributed by atoms with Crippen LogP contribution in [0.3, 0.4) is 0 Å². The number of rotatable bonds is 6. The monoisotopic (exact) mass is 453 g/mol. The molecule has 0 saturated carbocycles. The van der Waals surface area contributed by atoms with Crippen LogP contribution >= 0.6 is 47.2 Å². The van der Waals surface area contributed by atoms with E-state index in [-0.39, 0.29) is 5.91 Å². The molecule has 8 heteroatoms. The van der Waals surface area contributed by atoms with Crippen molar-refractivity contribution < 1.29 is 14.3 Å². The molecule has 0 radical (unpaired) electrons. The van der Waals surface area contributed by atoms with Gasteiger partial charge in [0, 0.05) is 11.6 Å². The molecule has 4 nitrogen and oxygen atoms in total. The first-order valence-electron chi connectivity index (χ1n) is 8.43. The molecule has 3 rings (SSSR count). The summed E-state index contributed by atoms with van der Waals surface area (Å²) >= 11 is 18.8. The third kappa shape index (κ3) is 4.63. The van der Waals surface area contributed by atoms with Crippen LogP contribution in [0.2, 0.25) is 10.0 Å². The maximum Gasteiger partial charge on any atom is 0.266 e. The molecule has 0 atom stereocenters. The van der Waals surface area contributed by atoms with Crippen LogP contribution in [0.5, 0.6) is 11.5 Å². The Morgan fingerprint density at radius 1 is 1.21 bits per heavy atom. The van der Waals surface area contributed by atoms with Gasteiger partial charge in [-0.3, -0.25) is 9.69 Å². The SMILES string of the molecule is CCN1C(=O)/C(=C/c2cc(Cl)c(OCc3ccc(Cl)cc3)c(OC)c2)SC1=S. The summed E-state index contributed by atoms with van der Waals surface area (Å²) in [5, 5.41) is 1.06. The van der Waals surface area contributed by atoms with E-state index in [1.165, 1.54) is 11.8 Å². The number of carbonyl (C=O) groups excluding carboxylic acids is 1. The second-order valence-corrected chi connectivity index (χ2v) is 8.39. The zero-order valence-electron chi connectivity index (χ0n) is 15.2. The van der Waals surface area contributed by atoms with Crippen LogP contribution < -0.4 is 9.47 Å². The molecule has 2 aromatic carbocycles.